The van der Waals surface area contributed by atoms with Crippen LogP contribution in [-0.2, 0) is 14.3 Å². The molecule has 2 aromatic carbocycles. The lowest BCUT2D eigenvalue weighted by Crippen LogP contribution is -2.70. The van der Waals surface area contributed by atoms with Crippen molar-refractivity contribution in [3.63, 3.8) is 0 Å². The molecule has 2 aliphatic rings. The molecule has 1 fully saturated rings. The van der Waals surface area contributed by atoms with Crippen molar-refractivity contribution in [2.24, 2.45) is 0 Å². The van der Waals surface area contributed by atoms with Gasteiger partial charge in [-0.05, 0) is 26.0 Å². The zero-order chi connectivity index (χ0) is 21.5. The standard InChI is InChI=1S/C23H22N2O5/c1-15(2)24-21(28)17-10-6-7-11-18(17)25-20(27)12-13-23(24,25)22(29)30-14-19(26)16-8-4-3-5-9-16/h3-11,15H,12-14H2,1-2H3/t23-/m0/s1. The van der Waals surface area contributed by atoms with Gasteiger partial charge in [-0.3, -0.25) is 19.3 Å². The summed E-state index contributed by atoms with van der Waals surface area (Å²) < 4.78 is 5.42. The van der Waals surface area contributed by atoms with E-state index in [1.807, 2.05) is 0 Å². The van der Waals surface area contributed by atoms with Crippen LogP contribution in [0.2, 0.25) is 0 Å². The van der Waals surface area contributed by atoms with Crippen molar-refractivity contribution in [1.82, 2.24) is 4.90 Å². The number of ketones is 1. The maximum atomic E-state index is 13.4. The number of hydrogen-bond donors (Lipinski definition) is 0. The molecule has 2 aliphatic heterocycles. The molecule has 7 heteroatoms. The number of benzene rings is 2. The van der Waals surface area contributed by atoms with Crippen molar-refractivity contribution >= 4 is 29.3 Å². The molecule has 154 valence electrons. The number of nitrogens with zero attached hydrogens (tertiary/aromatic N) is 2. The Hall–Kier alpha value is -3.48. The molecule has 2 amide bonds. The van der Waals surface area contributed by atoms with Crippen LogP contribution in [0.15, 0.2) is 54.6 Å². The molecule has 0 spiro atoms. The molecule has 0 aromatic heterocycles. The normalized spacial score (nSPS) is 20.2. The second-order valence-corrected chi connectivity index (χ2v) is 7.70. The van der Waals surface area contributed by atoms with Crippen LogP contribution in [0.25, 0.3) is 0 Å². The molecule has 1 saturated heterocycles. The largest absolute Gasteiger partial charge is 0.454 e. The number of fused-ring (bicyclic) bond motifs is 3. The quantitative estimate of drug-likeness (QED) is 0.563. The lowest BCUT2D eigenvalue weighted by molar-refractivity contribution is -0.157. The maximum Gasteiger partial charge on any atom is 0.354 e. The second kappa shape index (κ2) is 7.40. The van der Waals surface area contributed by atoms with Gasteiger partial charge in [0.15, 0.2) is 12.4 Å². The number of ether oxygens (including phenoxy) is 1. The number of rotatable bonds is 5. The van der Waals surface area contributed by atoms with Gasteiger partial charge < -0.3 is 9.64 Å². The fourth-order valence-corrected chi connectivity index (χ4v) is 4.33. The molecule has 4 rings (SSSR count). The van der Waals surface area contributed by atoms with E-state index >= 15 is 0 Å². The topological polar surface area (TPSA) is 84.0 Å². The van der Waals surface area contributed by atoms with Gasteiger partial charge in [0, 0.05) is 24.4 Å². The number of hydrogen-bond acceptors (Lipinski definition) is 5. The van der Waals surface area contributed by atoms with Crippen LogP contribution in [0.3, 0.4) is 0 Å². The summed E-state index contributed by atoms with van der Waals surface area (Å²) in [4.78, 5) is 54.7. The summed E-state index contributed by atoms with van der Waals surface area (Å²) in [5.41, 5.74) is -0.403. The van der Waals surface area contributed by atoms with Crippen molar-refractivity contribution < 1.29 is 23.9 Å². The molecule has 7 nitrogen and oxygen atoms in total. The first kappa shape index (κ1) is 19.8. The third kappa shape index (κ3) is 2.89. The summed E-state index contributed by atoms with van der Waals surface area (Å²) in [6.45, 7) is 3.11. The van der Waals surface area contributed by atoms with E-state index in [2.05, 4.69) is 0 Å². The van der Waals surface area contributed by atoms with Crippen LogP contribution in [0.1, 0.15) is 47.4 Å². The monoisotopic (exact) mass is 406 g/mol. The highest BCUT2D eigenvalue weighted by molar-refractivity contribution is 6.15. The molecule has 30 heavy (non-hydrogen) atoms. The Labute approximate surface area is 174 Å². The molecule has 0 unspecified atom stereocenters. The number of Topliss-reactive ketones (excluding diaryl/α,β-unsaturated/α-hetero) is 1. The molecule has 0 bridgehead atoms. The zero-order valence-corrected chi connectivity index (χ0v) is 16.8. The van der Waals surface area contributed by atoms with E-state index in [1.54, 1.807) is 68.4 Å². The molecule has 1 atom stereocenters. The number of amides is 2. The number of carbonyl (C=O) groups is 4. The Kier molecular flexibility index (Phi) is 4.89. The van der Waals surface area contributed by atoms with Crippen molar-refractivity contribution in [2.45, 2.75) is 38.4 Å². The van der Waals surface area contributed by atoms with Gasteiger partial charge in [0.1, 0.15) is 0 Å². The highest BCUT2D eigenvalue weighted by Gasteiger charge is 2.62. The van der Waals surface area contributed by atoms with Gasteiger partial charge in [-0.2, -0.15) is 0 Å². The summed E-state index contributed by atoms with van der Waals surface area (Å²) in [7, 11) is 0. The Morgan fingerprint density at radius 1 is 1.03 bits per heavy atom. The molecular formula is C23H22N2O5. The average Bonchev–Trinajstić information content (AvgIpc) is 3.10. The Bertz CT molecular complexity index is 1030. The predicted molar refractivity (Wildman–Crippen MR) is 109 cm³/mol. The summed E-state index contributed by atoms with van der Waals surface area (Å²) in [6.07, 6.45) is 0.217. The van der Waals surface area contributed by atoms with E-state index < -0.39 is 18.2 Å². The van der Waals surface area contributed by atoms with Gasteiger partial charge in [-0.25, -0.2) is 4.79 Å². The first-order chi connectivity index (χ1) is 14.4. The molecule has 2 heterocycles. The molecule has 0 radical (unpaired) electrons. The lowest BCUT2D eigenvalue weighted by atomic mass is 9.95. The van der Waals surface area contributed by atoms with Crippen LogP contribution < -0.4 is 4.90 Å². The van der Waals surface area contributed by atoms with Gasteiger partial charge in [0.25, 0.3) is 5.91 Å². The summed E-state index contributed by atoms with van der Waals surface area (Å²) in [5, 5.41) is 0. The van der Waals surface area contributed by atoms with Gasteiger partial charge in [-0.15, -0.1) is 0 Å². The lowest BCUT2D eigenvalue weighted by Gasteiger charge is -2.50. The van der Waals surface area contributed by atoms with Crippen molar-refractivity contribution in [1.29, 1.82) is 0 Å². The number of carbonyl (C=O) groups excluding carboxylic acids is 4. The Morgan fingerprint density at radius 2 is 1.70 bits per heavy atom. The van der Waals surface area contributed by atoms with E-state index in [1.165, 1.54) is 9.80 Å². The van der Waals surface area contributed by atoms with E-state index in [4.69, 9.17) is 4.74 Å². The number of para-hydroxylation sites is 1. The van der Waals surface area contributed by atoms with E-state index in [9.17, 15) is 19.2 Å². The van der Waals surface area contributed by atoms with Crippen molar-refractivity contribution in [2.75, 3.05) is 11.5 Å². The summed E-state index contributed by atoms with van der Waals surface area (Å²) >= 11 is 0. The van der Waals surface area contributed by atoms with Crippen molar-refractivity contribution in [3.8, 4) is 0 Å². The maximum absolute atomic E-state index is 13.4. The minimum Gasteiger partial charge on any atom is -0.454 e. The highest BCUT2D eigenvalue weighted by atomic mass is 16.5. The zero-order valence-electron chi connectivity index (χ0n) is 16.8. The highest BCUT2D eigenvalue weighted by Crippen LogP contribution is 2.45. The fraction of sp³-hybridized carbons (Fsp3) is 0.304. The van der Waals surface area contributed by atoms with Gasteiger partial charge in [-0.1, -0.05) is 42.5 Å². The van der Waals surface area contributed by atoms with Crippen LogP contribution in [0.4, 0.5) is 5.69 Å². The SMILES string of the molecule is CC(C)N1C(=O)c2ccccc2N2C(=O)CC[C@@]21C(=O)OCC(=O)c1ccccc1. The average molecular weight is 406 g/mol. The fourth-order valence-electron chi connectivity index (χ4n) is 4.33. The van der Waals surface area contributed by atoms with E-state index in [-0.39, 0.29) is 36.5 Å². The van der Waals surface area contributed by atoms with Crippen LogP contribution in [0, 0.1) is 0 Å². The minimum absolute atomic E-state index is 0.104. The summed E-state index contributed by atoms with van der Waals surface area (Å²) in [6, 6.07) is 14.9. The molecule has 0 N–H and O–H groups in total. The van der Waals surface area contributed by atoms with E-state index in [0.29, 0.717) is 16.8 Å². The van der Waals surface area contributed by atoms with Crippen LogP contribution >= 0.6 is 0 Å². The molecular weight excluding hydrogens is 384 g/mol. The van der Waals surface area contributed by atoms with E-state index in [0.717, 1.165) is 0 Å². The first-order valence-corrected chi connectivity index (χ1v) is 9.89. The smallest absolute Gasteiger partial charge is 0.354 e. The van der Waals surface area contributed by atoms with Gasteiger partial charge in [0.2, 0.25) is 11.6 Å². The van der Waals surface area contributed by atoms with Gasteiger partial charge >= 0.3 is 5.97 Å². The molecule has 0 aliphatic carbocycles. The number of esters is 1. The second-order valence-electron chi connectivity index (χ2n) is 7.70. The molecule has 2 aromatic rings. The number of anilines is 1. The Balaban J connectivity index is 1.71. The minimum atomic E-state index is -1.59. The van der Waals surface area contributed by atoms with Gasteiger partial charge in [0.05, 0.1) is 11.3 Å². The third-order valence-corrected chi connectivity index (χ3v) is 5.57. The Morgan fingerprint density at radius 3 is 2.40 bits per heavy atom. The summed E-state index contributed by atoms with van der Waals surface area (Å²) in [5.74, 6) is -1.71. The third-order valence-electron chi connectivity index (χ3n) is 5.57. The predicted octanol–water partition coefficient (Wildman–Crippen LogP) is 2.80. The first-order valence-electron chi connectivity index (χ1n) is 9.89. The molecule has 0 saturated carbocycles. The van der Waals surface area contributed by atoms with Crippen LogP contribution in [-0.4, -0.2) is 46.8 Å². The van der Waals surface area contributed by atoms with Crippen molar-refractivity contribution in [3.05, 3.63) is 65.7 Å². The van der Waals surface area contributed by atoms with Crippen LogP contribution in [0.5, 0.6) is 0 Å².